The summed E-state index contributed by atoms with van der Waals surface area (Å²) in [6, 6.07) is 0. The Morgan fingerprint density at radius 2 is 2.11 bits per heavy atom. The van der Waals surface area contributed by atoms with Gasteiger partial charge in [0.2, 0.25) is 0 Å². The lowest BCUT2D eigenvalue weighted by atomic mass is 9.89. The third-order valence-corrected chi connectivity index (χ3v) is 6.51. The summed E-state index contributed by atoms with van der Waals surface area (Å²) in [5.74, 6) is 3.02. The van der Waals surface area contributed by atoms with Crippen LogP contribution in [0.2, 0.25) is 0 Å². The van der Waals surface area contributed by atoms with Gasteiger partial charge in [0.1, 0.15) is 0 Å². The molecule has 2 aliphatic heterocycles. The monoisotopic (exact) mass is 270 g/mol. The zero-order chi connectivity index (χ0) is 13.2. The number of hydrogen-bond donors (Lipinski definition) is 1. The lowest BCUT2D eigenvalue weighted by Crippen LogP contribution is -2.54. The van der Waals surface area contributed by atoms with Crippen LogP contribution in [-0.4, -0.2) is 41.1 Å². The Morgan fingerprint density at radius 3 is 2.67 bits per heavy atom. The highest BCUT2D eigenvalue weighted by atomic mass is 32.2. The van der Waals surface area contributed by atoms with Crippen LogP contribution in [-0.2, 0) is 0 Å². The summed E-state index contributed by atoms with van der Waals surface area (Å²) in [6.07, 6.45) is 5.44. The Hall–Kier alpha value is 0.270. The molecule has 0 aliphatic carbocycles. The van der Waals surface area contributed by atoms with Crippen LogP contribution >= 0.6 is 11.8 Å². The molecule has 3 atom stereocenters. The average Bonchev–Trinajstić information content (AvgIpc) is 2.59. The standard InChI is InChI=1S/C15H30N2S/c1-12(2)14-5-4-7-17(8-6-14)15(10-16)9-13(3)18-11-15/h12-14H,4-11,16H2,1-3H3. The first-order chi connectivity index (χ1) is 8.57. The van der Waals surface area contributed by atoms with E-state index in [0.29, 0.717) is 5.54 Å². The molecule has 0 aromatic rings. The summed E-state index contributed by atoms with van der Waals surface area (Å²) in [7, 11) is 0. The number of rotatable bonds is 3. The summed E-state index contributed by atoms with van der Waals surface area (Å²) in [5.41, 5.74) is 6.47. The highest BCUT2D eigenvalue weighted by Crippen LogP contribution is 2.39. The van der Waals surface area contributed by atoms with Crippen LogP contribution in [0.1, 0.15) is 46.5 Å². The third kappa shape index (κ3) is 3.05. The van der Waals surface area contributed by atoms with Crippen molar-refractivity contribution in [2.75, 3.05) is 25.4 Å². The Bertz CT molecular complexity index is 269. The molecule has 0 aromatic heterocycles. The average molecular weight is 270 g/mol. The number of nitrogens with two attached hydrogens (primary N) is 1. The predicted molar refractivity (Wildman–Crippen MR) is 82.1 cm³/mol. The highest BCUT2D eigenvalue weighted by molar-refractivity contribution is 8.00. The molecule has 0 bridgehead atoms. The zero-order valence-corrected chi connectivity index (χ0v) is 13.1. The molecule has 3 unspecified atom stereocenters. The second kappa shape index (κ2) is 6.15. The topological polar surface area (TPSA) is 29.3 Å². The van der Waals surface area contributed by atoms with Crippen LogP contribution in [0.5, 0.6) is 0 Å². The van der Waals surface area contributed by atoms with Crippen LogP contribution in [0, 0.1) is 11.8 Å². The fourth-order valence-electron chi connectivity index (χ4n) is 3.71. The summed E-state index contributed by atoms with van der Waals surface area (Å²) in [4.78, 5) is 2.74. The van der Waals surface area contributed by atoms with Crippen molar-refractivity contribution < 1.29 is 0 Å². The molecule has 2 nitrogen and oxygen atoms in total. The number of likely N-dealkylation sites (tertiary alicyclic amines) is 1. The zero-order valence-electron chi connectivity index (χ0n) is 12.3. The molecule has 106 valence electrons. The maximum atomic E-state index is 6.15. The SMILES string of the molecule is CC1CC(CN)(N2CCCC(C(C)C)CC2)CS1. The molecule has 0 spiro atoms. The van der Waals surface area contributed by atoms with E-state index in [1.807, 2.05) is 0 Å². The molecule has 2 N–H and O–H groups in total. The van der Waals surface area contributed by atoms with Crippen molar-refractivity contribution in [3.8, 4) is 0 Å². The van der Waals surface area contributed by atoms with Crippen LogP contribution in [0.3, 0.4) is 0 Å². The van der Waals surface area contributed by atoms with Crippen molar-refractivity contribution in [1.29, 1.82) is 0 Å². The van der Waals surface area contributed by atoms with Gasteiger partial charge in [-0.3, -0.25) is 4.90 Å². The van der Waals surface area contributed by atoms with Gasteiger partial charge in [-0.15, -0.1) is 0 Å². The molecule has 0 aromatic carbocycles. The Morgan fingerprint density at radius 1 is 1.33 bits per heavy atom. The van der Waals surface area contributed by atoms with E-state index in [0.717, 1.165) is 23.6 Å². The minimum absolute atomic E-state index is 0.315. The second-order valence-electron chi connectivity index (χ2n) is 6.68. The van der Waals surface area contributed by atoms with Gasteiger partial charge < -0.3 is 5.73 Å². The normalized spacial score (nSPS) is 39.2. The molecule has 18 heavy (non-hydrogen) atoms. The van der Waals surface area contributed by atoms with E-state index in [2.05, 4.69) is 37.4 Å². The van der Waals surface area contributed by atoms with Gasteiger partial charge in [-0.05, 0) is 50.6 Å². The molecule has 2 heterocycles. The van der Waals surface area contributed by atoms with Crippen molar-refractivity contribution in [3.63, 3.8) is 0 Å². The van der Waals surface area contributed by atoms with Gasteiger partial charge in [-0.25, -0.2) is 0 Å². The lowest BCUT2D eigenvalue weighted by Gasteiger charge is -2.40. The van der Waals surface area contributed by atoms with Crippen LogP contribution in [0.15, 0.2) is 0 Å². The van der Waals surface area contributed by atoms with Gasteiger partial charge in [0, 0.05) is 23.1 Å². The minimum atomic E-state index is 0.315. The van der Waals surface area contributed by atoms with Gasteiger partial charge >= 0.3 is 0 Å². The van der Waals surface area contributed by atoms with Gasteiger partial charge in [-0.2, -0.15) is 11.8 Å². The first-order valence-electron chi connectivity index (χ1n) is 7.64. The Balaban J connectivity index is 2.00. The number of hydrogen-bond acceptors (Lipinski definition) is 3. The molecule has 2 aliphatic rings. The van der Waals surface area contributed by atoms with Crippen molar-refractivity contribution >= 4 is 11.8 Å². The molecule has 2 saturated heterocycles. The first-order valence-corrected chi connectivity index (χ1v) is 8.69. The van der Waals surface area contributed by atoms with E-state index in [1.54, 1.807) is 0 Å². The summed E-state index contributed by atoms with van der Waals surface area (Å²) < 4.78 is 0. The van der Waals surface area contributed by atoms with Crippen LogP contribution in [0.25, 0.3) is 0 Å². The fourth-order valence-corrected chi connectivity index (χ4v) is 5.15. The Kier molecular flexibility index (Phi) is 5.01. The maximum Gasteiger partial charge on any atom is 0.0432 e. The van der Waals surface area contributed by atoms with E-state index >= 15 is 0 Å². The van der Waals surface area contributed by atoms with E-state index in [4.69, 9.17) is 5.73 Å². The lowest BCUT2D eigenvalue weighted by molar-refractivity contribution is 0.114. The van der Waals surface area contributed by atoms with Crippen molar-refractivity contribution in [1.82, 2.24) is 4.90 Å². The van der Waals surface area contributed by atoms with Gasteiger partial charge in [0.05, 0.1) is 0 Å². The third-order valence-electron chi connectivity index (χ3n) is 5.07. The van der Waals surface area contributed by atoms with Crippen molar-refractivity contribution in [2.24, 2.45) is 17.6 Å². The second-order valence-corrected chi connectivity index (χ2v) is 8.10. The van der Waals surface area contributed by atoms with Crippen LogP contribution < -0.4 is 5.73 Å². The smallest absolute Gasteiger partial charge is 0.0432 e. The molecule has 0 saturated carbocycles. The van der Waals surface area contributed by atoms with Gasteiger partial charge in [0.25, 0.3) is 0 Å². The van der Waals surface area contributed by atoms with Gasteiger partial charge in [-0.1, -0.05) is 20.8 Å². The summed E-state index contributed by atoms with van der Waals surface area (Å²) in [6.45, 7) is 10.5. The molecular weight excluding hydrogens is 240 g/mol. The largest absolute Gasteiger partial charge is 0.329 e. The highest BCUT2D eigenvalue weighted by Gasteiger charge is 2.42. The van der Waals surface area contributed by atoms with Crippen molar-refractivity contribution in [2.45, 2.75) is 57.2 Å². The van der Waals surface area contributed by atoms with E-state index in [-0.39, 0.29) is 0 Å². The van der Waals surface area contributed by atoms with Crippen molar-refractivity contribution in [3.05, 3.63) is 0 Å². The molecule has 2 fully saturated rings. The van der Waals surface area contributed by atoms with E-state index in [1.165, 1.54) is 44.5 Å². The predicted octanol–water partition coefficient (Wildman–Crippen LogP) is 2.97. The summed E-state index contributed by atoms with van der Waals surface area (Å²) >= 11 is 2.11. The molecule has 0 amide bonds. The summed E-state index contributed by atoms with van der Waals surface area (Å²) in [5, 5.41) is 0.790. The molecule has 0 radical (unpaired) electrons. The number of thioether (sulfide) groups is 1. The molecule has 2 rings (SSSR count). The maximum absolute atomic E-state index is 6.15. The number of nitrogens with zero attached hydrogens (tertiary/aromatic N) is 1. The molecule has 3 heteroatoms. The van der Waals surface area contributed by atoms with E-state index < -0.39 is 0 Å². The first kappa shape index (κ1) is 14.7. The Labute approximate surface area is 117 Å². The van der Waals surface area contributed by atoms with Crippen LogP contribution in [0.4, 0.5) is 0 Å². The van der Waals surface area contributed by atoms with Gasteiger partial charge in [0.15, 0.2) is 0 Å². The van der Waals surface area contributed by atoms with E-state index in [9.17, 15) is 0 Å². The molecular formula is C15H30N2S. The minimum Gasteiger partial charge on any atom is -0.329 e. The fraction of sp³-hybridized carbons (Fsp3) is 1.00. The quantitative estimate of drug-likeness (QED) is 0.855.